The Hall–Kier alpha value is -3.14. The van der Waals surface area contributed by atoms with Crippen molar-refractivity contribution in [1.29, 1.82) is 0 Å². The molecule has 0 aliphatic carbocycles. The molecule has 1 aliphatic heterocycles. The average Bonchev–Trinajstić information content (AvgIpc) is 2.90. The maximum atomic E-state index is 13.3. The first-order valence-electron chi connectivity index (χ1n) is 14.2. The van der Waals surface area contributed by atoms with E-state index in [1.54, 1.807) is 24.3 Å². The van der Waals surface area contributed by atoms with E-state index in [1.807, 2.05) is 27.7 Å². The molecule has 218 valence electrons. The van der Waals surface area contributed by atoms with Crippen LogP contribution in [-0.4, -0.2) is 79.4 Å². The standard InChI is InChI=1S/C29H47N5O5/c1-7-34(8-2)16-15-30-28(37)22-13-14-26(35)31-23(17-19(3)4)29(38)33-24(20(5)6)18-39-25-12-10-9-11-21(25)27(36)32-22/h9-12,19-20,22-24H,7-8,13-18H2,1-6H3,(H,30,37)(H,31,35)(H,32,36)(H,33,38)/t22-,23-,24-/m0/s1. The van der Waals surface area contributed by atoms with Gasteiger partial charge in [0.1, 0.15) is 24.4 Å². The fourth-order valence-electron chi connectivity index (χ4n) is 4.39. The van der Waals surface area contributed by atoms with Crippen LogP contribution in [0.3, 0.4) is 0 Å². The Bertz CT molecular complexity index is 963. The normalized spacial score (nSPS) is 21.3. The van der Waals surface area contributed by atoms with Gasteiger partial charge in [-0.2, -0.15) is 0 Å². The van der Waals surface area contributed by atoms with Gasteiger partial charge in [0, 0.05) is 19.5 Å². The molecule has 4 N–H and O–H groups in total. The molecule has 0 spiro atoms. The highest BCUT2D eigenvalue weighted by Crippen LogP contribution is 2.20. The van der Waals surface area contributed by atoms with Gasteiger partial charge in [0.2, 0.25) is 17.7 Å². The van der Waals surface area contributed by atoms with Crippen LogP contribution < -0.4 is 26.0 Å². The summed E-state index contributed by atoms with van der Waals surface area (Å²) < 4.78 is 6.04. The van der Waals surface area contributed by atoms with E-state index in [1.165, 1.54) is 0 Å². The maximum absolute atomic E-state index is 13.3. The summed E-state index contributed by atoms with van der Waals surface area (Å²) in [4.78, 5) is 54.8. The number of ether oxygens (including phenoxy) is 1. The molecule has 0 unspecified atom stereocenters. The molecule has 39 heavy (non-hydrogen) atoms. The number of likely N-dealkylation sites (N-methyl/N-ethyl adjacent to an activating group) is 1. The minimum atomic E-state index is -0.932. The highest BCUT2D eigenvalue weighted by molar-refractivity contribution is 5.99. The second-order valence-electron chi connectivity index (χ2n) is 10.8. The first kappa shape index (κ1) is 32.1. The van der Waals surface area contributed by atoms with Crippen LogP contribution in [0.1, 0.15) is 71.2 Å². The lowest BCUT2D eigenvalue weighted by Crippen LogP contribution is -2.53. The largest absolute Gasteiger partial charge is 0.491 e. The Morgan fingerprint density at radius 3 is 2.38 bits per heavy atom. The predicted molar refractivity (Wildman–Crippen MR) is 151 cm³/mol. The Labute approximate surface area is 233 Å². The summed E-state index contributed by atoms with van der Waals surface area (Å²) in [6.07, 6.45) is 0.530. The first-order valence-corrected chi connectivity index (χ1v) is 14.2. The lowest BCUT2D eigenvalue weighted by atomic mass is 10.0. The van der Waals surface area contributed by atoms with Crippen LogP contribution in [0.5, 0.6) is 5.75 Å². The van der Waals surface area contributed by atoms with E-state index >= 15 is 0 Å². The molecule has 3 atom stereocenters. The Balaban J connectivity index is 2.33. The van der Waals surface area contributed by atoms with E-state index in [0.717, 1.165) is 13.1 Å². The van der Waals surface area contributed by atoms with Crippen molar-refractivity contribution in [2.75, 3.05) is 32.8 Å². The van der Waals surface area contributed by atoms with E-state index in [0.29, 0.717) is 25.3 Å². The van der Waals surface area contributed by atoms with Crippen molar-refractivity contribution in [1.82, 2.24) is 26.2 Å². The summed E-state index contributed by atoms with van der Waals surface area (Å²) >= 11 is 0. The van der Waals surface area contributed by atoms with E-state index < -0.39 is 18.0 Å². The topological polar surface area (TPSA) is 129 Å². The SMILES string of the molecule is CCN(CC)CCNC(=O)[C@@H]1CCC(=O)N[C@@H](CC(C)C)C(=O)N[C@H](C(C)C)COc2ccccc2C(=O)N1. The molecule has 1 aromatic rings. The van der Waals surface area contributed by atoms with Crippen molar-refractivity contribution in [2.24, 2.45) is 11.8 Å². The van der Waals surface area contributed by atoms with Crippen molar-refractivity contribution in [3.05, 3.63) is 29.8 Å². The van der Waals surface area contributed by atoms with Gasteiger partial charge in [-0.05, 0) is 49.9 Å². The molecule has 2 rings (SSSR count). The zero-order valence-corrected chi connectivity index (χ0v) is 24.3. The van der Waals surface area contributed by atoms with Crippen LogP contribution in [0.4, 0.5) is 0 Å². The van der Waals surface area contributed by atoms with Crippen LogP contribution in [0.25, 0.3) is 0 Å². The molecule has 0 aromatic heterocycles. The summed E-state index contributed by atoms with van der Waals surface area (Å²) in [6, 6.07) is 4.83. The number of fused-ring (bicyclic) bond motifs is 1. The molecular weight excluding hydrogens is 498 g/mol. The zero-order valence-electron chi connectivity index (χ0n) is 24.3. The third kappa shape index (κ3) is 10.5. The lowest BCUT2D eigenvalue weighted by molar-refractivity contribution is -0.130. The maximum Gasteiger partial charge on any atom is 0.255 e. The highest BCUT2D eigenvalue weighted by atomic mass is 16.5. The van der Waals surface area contributed by atoms with Gasteiger partial charge >= 0.3 is 0 Å². The van der Waals surface area contributed by atoms with Gasteiger partial charge in [-0.15, -0.1) is 0 Å². The molecule has 1 heterocycles. The average molecular weight is 546 g/mol. The Morgan fingerprint density at radius 2 is 1.74 bits per heavy atom. The van der Waals surface area contributed by atoms with Gasteiger partial charge in [0.25, 0.3) is 5.91 Å². The molecule has 0 radical (unpaired) electrons. The summed E-state index contributed by atoms with van der Waals surface area (Å²) in [5.74, 6) is -0.868. The van der Waals surface area contributed by atoms with E-state index in [2.05, 4.69) is 40.0 Å². The molecule has 10 nitrogen and oxygen atoms in total. The zero-order chi connectivity index (χ0) is 28.9. The Kier molecular flexibility index (Phi) is 13.2. The van der Waals surface area contributed by atoms with Crippen LogP contribution in [-0.2, 0) is 14.4 Å². The van der Waals surface area contributed by atoms with E-state index in [9.17, 15) is 19.2 Å². The number of carbonyl (C=O) groups excluding carboxylic acids is 4. The molecule has 1 aliphatic rings. The van der Waals surface area contributed by atoms with Crippen LogP contribution in [0.15, 0.2) is 24.3 Å². The molecule has 0 saturated heterocycles. The van der Waals surface area contributed by atoms with Crippen molar-refractivity contribution >= 4 is 23.6 Å². The van der Waals surface area contributed by atoms with Crippen molar-refractivity contribution in [3.63, 3.8) is 0 Å². The van der Waals surface area contributed by atoms with Crippen molar-refractivity contribution < 1.29 is 23.9 Å². The number of carbonyl (C=O) groups is 4. The number of benzene rings is 1. The molecule has 0 fully saturated rings. The lowest BCUT2D eigenvalue weighted by Gasteiger charge is -2.27. The fourth-order valence-corrected chi connectivity index (χ4v) is 4.39. The number of nitrogens with one attached hydrogen (secondary N) is 4. The van der Waals surface area contributed by atoms with Crippen LogP contribution in [0.2, 0.25) is 0 Å². The monoisotopic (exact) mass is 545 g/mol. The number of amides is 4. The second kappa shape index (κ2) is 16.1. The van der Waals surface area contributed by atoms with Gasteiger partial charge in [0.15, 0.2) is 0 Å². The van der Waals surface area contributed by atoms with Gasteiger partial charge in [-0.3, -0.25) is 19.2 Å². The highest BCUT2D eigenvalue weighted by Gasteiger charge is 2.29. The van der Waals surface area contributed by atoms with Crippen molar-refractivity contribution in [2.45, 2.75) is 78.9 Å². The van der Waals surface area contributed by atoms with Gasteiger partial charge in [0.05, 0.1) is 11.6 Å². The number of hydrogen-bond acceptors (Lipinski definition) is 6. The summed E-state index contributed by atoms with van der Waals surface area (Å²) in [5.41, 5.74) is 0.282. The third-order valence-electron chi connectivity index (χ3n) is 6.94. The van der Waals surface area contributed by atoms with Crippen LogP contribution >= 0.6 is 0 Å². The second-order valence-corrected chi connectivity index (χ2v) is 10.8. The van der Waals surface area contributed by atoms with Gasteiger partial charge in [-0.1, -0.05) is 53.7 Å². The number of rotatable bonds is 9. The fraction of sp³-hybridized carbons (Fsp3) is 0.655. The number of nitrogens with zero attached hydrogens (tertiary/aromatic N) is 1. The Morgan fingerprint density at radius 1 is 1.05 bits per heavy atom. The van der Waals surface area contributed by atoms with E-state index in [4.69, 9.17) is 4.74 Å². The number of para-hydroxylation sites is 1. The predicted octanol–water partition coefficient (Wildman–Crippen LogP) is 2.09. The van der Waals surface area contributed by atoms with Gasteiger partial charge in [-0.25, -0.2) is 0 Å². The quantitative estimate of drug-likeness (QED) is 0.376. The molecule has 0 bridgehead atoms. The summed E-state index contributed by atoms with van der Waals surface area (Å²) in [5, 5.41) is 11.6. The summed E-state index contributed by atoms with van der Waals surface area (Å²) in [7, 11) is 0. The van der Waals surface area contributed by atoms with Crippen molar-refractivity contribution in [3.8, 4) is 5.75 Å². The smallest absolute Gasteiger partial charge is 0.255 e. The van der Waals surface area contributed by atoms with Crippen LogP contribution in [0, 0.1) is 11.8 Å². The number of hydrogen-bond donors (Lipinski definition) is 4. The minimum Gasteiger partial charge on any atom is -0.491 e. The molecule has 1 aromatic carbocycles. The minimum absolute atomic E-state index is 0.0258. The molecule has 4 amide bonds. The first-order chi connectivity index (χ1) is 18.5. The molecule has 10 heteroatoms. The molecule has 0 saturated carbocycles. The summed E-state index contributed by atoms with van der Waals surface area (Å²) in [6.45, 7) is 15.0. The molecular formula is C29H47N5O5. The van der Waals surface area contributed by atoms with E-state index in [-0.39, 0.29) is 60.6 Å². The van der Waals surface area contributed by atoms with Gasteiger partial charge < -0.3 is 30.9 Å². The third-order valence-corrected chi connectivity index (χ3v) is 6.94.